The number of rotatable bonds is 3. The molecule has 0 radical (unpaired) electrons. The summed E-state index contributed by atoms with van der Waals surface area (Å²) in [7, 11) is 0. The van der Waals surface area contributed by atoms with Gasteiger partial charge < -0.3 is 19.4 Å². The van der Waals surface area contributed by atoms with Gasteiger partial charge in [0.15, 0.2) is 0 Å². The Bertz CT molecular complexity index is 150. The van der Waals surface area contributed by atoms with Crippen molar-refractivity contribution < 1.29 is 0 Å². The Hall–Kier alpha value is 0.246. The van der Waals surface area contributed by atoms with Crippen LogP contribution in [0.5, 0.6) is 0 Å². The molecule has 1 saturated carbocycles. The molecule has 1 aliphatic carbocycles. The van der Waals surface area contributed by atoms with Gasteiger partial charge in [0.05, 0.1) is 0 Å². The monoisotopic (exact) mass is 174 g/mol. The van der Waals surface area contributed by atoms with Gasteiger partial charge in [0.2, 0.25) is 0 Å². The van der Waals surface area contributed by atoms with Crippen molar-refractivity contribution in [1.29, 1.82) is 0 Å². The Labute approximate surface area is 93.0 Å². The van der Waals surface area contributed by atoms with Crippen LogP contribution in [0.15, 0.2) is 11.1 Å². The van der Waals surface area contributed by atoms with E-state index in [0.717, 1.165) is 11.5 Å². The first-order valence-electron chi connectivity index (χ1n) is 4.54. The van der Waals surface area contributed by atoms with Crippen LogP contribution < -0.4 is 0 Å². The molecule has 0 nitrogen and oxygen atoms in total. The van der Waals surface area contributed by atoms with Crippen molar-refractivity contribution in [3.05, 3.63) is 25.0 Å². The average molecular weight is 175 g/mol. The van der Waals surface area contributed by atoms with Gasteiger partial charge in [-0.1, -0.05) is 25.7 Å². The first-order valence-corrected chi connectivity index (χ1v) is 4.54. The normalized spacial score (nSPS) is 16.1. The van der Waals surface area contributed by atoms with Crippen LogP contribution in [0, 0.1) is 19.8 Å². The van der Waals surface area contributed by atoms with Crippen LogP contribution in [0.3, 0.4) is 0 Å². The van der Waals surface area contributed by atoms with Crippen molar-refractivity contribution in [2.24, 2.45) is 5.92 Å². The Morgan fingerprint density at radius 3 is 2.25 bits per heavy atom. The molecule has 12 heavy (non-hydrogen) atoms. The predicted octanol–water partition coefficient (Wildman–Crippen LogP) is 3.17. The van der Waals surface area contributed by atoms with Crippen molar-refractivity contribution in [3.63, 3.8) is 0 Å². The second-order valence-corrected chi connectivity index (χ2v) is 3.72. The number of hydrogen-bond donors (Lipinski definition) is 0. The molecule has 64 valence electrons. The Morgan fingerprint density at radius 2 is 1.92 bits per heavy atom. The maximum absolute atomic E-state index is 3.83. The Morgan fingerprint density at radius 1 is 1.33 bits per heavy atom. The molecule has 0 spiro atoms. The van der Waals surface area contributed by atoms with Crippen molar-refractivity contribution in [1.82, 2.24) is 0 Å². The third kappa shape index (κ3) is 3.77. The van der Waals surface area contributed by atoms with Crippen molar-refractivity contribution in [3.8, 4) is 0 Å². The SMILES string of the molecule is [CH2-]C([CH2-])=C(C)CCC1CCC1.[Mg+2]. The fraction of sp³-hybridized carbons (Fsp3) is 0.636. The molecular formula is C11H18Mg. The largest absolute Gasteiger partial charge is 2.00 e. The van der Waals surface area contributed by atoms with E-state index in [1.54, 1.807) is 0 Å². The Balaban J connectivity index is 0.00000121. The fourth-order valence-electron chi connectivity index (χ4n) is 1.38. The quantitative estimate of drug-likeness (QED) is 0.455. The molecule has 0 N–H and O–H groups in total. The Kier molecular flexibility index (Phi) is 5.94. The van der Waals surface area contributed by atoms with E-state index in [-0.39, 0.29) is 23.1 Å². The van der Waals surface area contributed by atoms with Crippen LogP contribution in [0.25, 0.3) is 0 Å². The first-order chi connectivity index (χ1) is 5.20. The van der Waals surface area contributed by atoms with Crippen molar-refractivity contribution >= 4 is 23.1 Å². The summed E-state index contributed by atoms with van der Waals surface area (Å²) in [6, 6.07) is 0. The third-order valence-corrected chi connectivity index (χ3v) is 2.76. The maximum Gasteiger partial charge on any atom is 2.00 e. The molecule has 0 amide bonds. The van der Waals surface area contributed by atoms with Gasteiger partial charge in [-0.3, -0.25) is 5.57 Å². The van der Waals surface area contributed by atoms with Gasteiger partial charge in [0.25, 0.3) is 0 Å². The van der Waals surface area contributed by atoms with Crippen LogP contribution >= 0.6 is 0 Å². The molecule has 0 unspecified atom stereocenters. The van der Waals surface area contributed by atoms with E-state index in [2.05, 4.69) is 20.8 Å². The van der Waals surface area contributed by atoms with Gasteiger partial charge in [-0.05, 0) is 5.92 Å². The van der Waals surface area contributed by atoms with E-state index in [4.69, 9.17) is 0 Å². The molecular weight excluding hydrogens is 156 g/mol. The van der Waals surface area contributed by atoms with E-state index in [1.807, 2.05) is 0 Å². The molecule has 1 rings (SSSR count). The van der Waals surface area contributed by atoms with Crippen LogP contribution in [-0.4, -0.2) is 23.1 Å². The van der Waals surface area contributed by atoms with Crippen LogP contribution in [0.4, 0.5) is 0 Å². The molecule has 0 bridgehead atoms. The summed E-state index contributed by atoms with van der Waals surface area (Å²) in [5, 5.41) is 0. The standard InChI is InChI=1S/C11H18.Mg/c1-9(2)10(3)7-8-11-5-4-6-11;/h11H,1-2,4-8H2,3H3;/q-2;+2. The van der Waals surface area contributed by atoms with Crippen molar-refractivity contribution in [2.75, 3.05) is 0 Å². The van der Waals surface area contributed by atoms with Gasteiger partial charge in [0, 0.05) is 0 Å². The van der Waals surface area contributed by atoms with Gasteiger partial charge >= 0.3 is 23.1 Å². The molecule has 0 saturated heterocycles. The molecule has 0 atom stereocenters. The van der Waals surface area contributed by atoms with Gasteiger partial charge in [-0.25, -0.2) is 0 Å². The molecule has 0 aromatic carbocycles. The van der Waals surface area contributed by atoms with Gasteiger partial charge in [-0.2, -0.15) is 0 Å². The summed E-state index contributed by atoms with van der Waals surface area (Å²) in [5.41, 5.74) is 2.40. The molecule has 1 heteroatoms. The zero-order valence-electron chi connectivity index (χ0n) is 8.23. The predicted molar refractivity (Wildman–Crippen MR) is 55.7 cm³/mol. The minimum atomic E-state index is 0. The second kappa shape index (κ2) is 5.82. The van der Waals surface area contributed by atoms with Gasteiger partial charge in [0.1, 0.15) is 0 Å². The van der Waals surface area contributed by atoms with Crippen molar-refractivity contribution in [2.45, 2.75) is 39.0 Å². The minimum absolute atomic E-state index is 0. The average Bonchev–Trinajstić information content (AvgIpc) is 1.83. The zero-order valence-corrected chi connectivity index (χ0v) is 9.65. The van der Waals surface area contributed by atoms with Gasteiger partial charge in [-0.15, -0.1) is 13.3 Å². The molecule has 1 aliphatic rings. The topological polar surface area (TPSA) is 0 Å². The second-order valence-electron chi connectivity index (χ2n) is 3.72. The molecule has 0 aromatic rings. The van der Waals surface area contributed by atoms with E-state index in [1.165, 1.54) is 37.7 Å². The van der Waals surface area contributed by atoms with Crippen LogP contribution in [0.1, 0.15) is 39.0 Å². The third-order valence-electron chi connectivity index (χ3n) is 2.76. The molecule has 0 aromatic heterocycles. The summed E-state index contributed by atoms with van der Waals surface area (Å²) < 4.78 is 0. The van der Waals surface area contributed by atoms with E-state index < -0.39 is 0 Å². The fourth-order valence-corrected chi connectivity index (χ4v) is 1.38. The van der Waals surface area contributed by atoms with E-state index >= 15 is 0 Å². The summed E-state index contributed by atoms with van der Waals surface area (Å²) >= 11 is 0. The van der Waals surface area contributed by atoms with E-state index in [0.29, 0.717) is 0 Å². The summed E-state index contributed by atoms with van der Waals surface area (Å²) in [6.45, 7) is 9.80. The summed E-state index contributed by atoms with van der Waals surface area (Å²) in [4.78, 5) is 0. The summed E-state index contributed by atoms with van der Waals surface area (Å²) in [6.07, 6.45) is 6.94. The smallest absolute Gasteiger partial charge is 0.366 e. The van der Waals surface area contributed by atoms with Crippen LogP contribution in [-0.2, 0) is 0 Å². The molecule has 0 heterocycles. The minimum Gasteiger partial charge on any atom is -0.366 e. The first kappa shape index (κ1) is 12.2. The number of hydrogen-bond acceptors (Lipinski definition) is 0. The molecule has 1 fully saturated rings. The zero-order chi connectivity index (χ0) is 8.27. The van der Waals surface area contributed by atoms with E-state index in [9.17, 15) is 0 Å². The van der Waals surface area contributed by atoms with Crippen LogP contribution in [0.2, 0.25) is 0 Å². The number of allylic oxidation sites excluding steroid dienone is 2. The maximum atomic E-state index is 3.83. The summed E-state index contributed by atoms with van der Waals surface area (Å²) in [5.74, 6) is 1.02. The molecule has 0 aliphatic heterocycles.